The molecule has 0 bridgehead atoms. The van der Waals surface area contributed by atoms with Crippen molar-refractivity contribution in [2.75, 3.05) is 13.2 Å². The van der Waals surface area contributed by atoms with Crippen LogP contribution in [0, 0.1) is 0 Å². The number of alkyl carbamates (subject to hydrolysis) is 1. The summed E-state index contributed by atoms with van der Waals surface area (Å²) < 4.78 is 9.38. The lowest BCUT2D eigenvalue weighted by atomic mass is 10.1. The molecule has 0 aromatic rings. The highest BCUT2D eigenvalue weighted by Crippen LogP contribution is 2.06. The van der Waals surface area contributed by atoms with Crippen molar-refractivity contribution >= 4 is 12.2 Å². The van der Waals surface area contributed by atoms with Gasteiger partial charge in [0.05, 0.1) is 0 Å². The molecule has 0 aliphatic carbocycles. The van der Waals surface area contributed by atoms with Crippen LogP contribution in [0.15, 0.2) is 24.3 Å². The molecule has 0 atom stereocenters. The molecule has 0 rings (SSSR count). The van der Waals surface area contributed by atoms with Crippen LogP contribution in [-0.4, -0.2) is 31.4 Å². The highest BCUT2D eigenvalue weighted by molar-refractivity contribution is 5.67. The second kappa shape index (κ2) is 7.32. The number of hydrogen-bond acceptors (Lipinski definition) is 4. The Bertz CT molecular complexity index is 323. The molecular weight excluding hydrogens is 224 g/mol. The van der Waals surface area contributed by atoms with Gasteiger partial charge >= 0.3 is 12.2 Å². The van der Waals surface area contributed by atoms with Gasteiger partial charge in [-0.3, -0.25) is 0 Å². The molecule has 0 aromatic heterocycles. The van der Waals surface area contributed by atoms with Gasteiger partial charge in [0.15, 0.2) is 0 Å². The lowest BCUT2D eigenvalue weighted by Gasteiger charge is -2.12. The highest BCUT2D eigenvalue weighted by Gasteiger charge is 2.07. The summed E-state index contributed by atoms with van der Waals surface area (Å²) >= 11 is 0. The summed E-state index contributed by atoms with van der Waals surface area (Å²) in [7, 11) is 0. The van der Waals surface area contributed by atoms with E-state index >= 15 is 0 Å². The summed E-state index contributed by atoms with van der Waals surface area (Å²) in [5, 5.41) is 2.55. The Morgan fingerprint density at radius 3 is 2.06 bits per heavy atom. The van der Waals surface area contributed by atoms with Crippen molar-refractivity contribution < 1.29 is 19.1 Å². The molecule has 0 unspecified atom stereocenters. The molecule has 6 nitrogen and oxygen atoms in total. The maximum absolute atomic E-state index is 11.1. The second-order valence-corrected chi connectivity index (χ2v) is 3.69. The van der Waals surface area contributed by atoms with Gasteiger partial charge in [-0.05, 0) is 25.0 Å². The second-order valence-electron chi connectivity index (χ2n) is 3.69. The van der Waals surface area contributed by atoms with E-state index in [0.29, 0.717) is 11.1 Å². The van der Waals surface area contributed by atoms with E-state index in [0.717, 1.165) is 0 Å². The lowest BCUT2D eigenvalue weighted by Crippen LogP contribution is -2.31. The molecule has 6 heteroatoms. The van der Waals surface area contributed by atoms with E-state index in [-0.39, 0.29) is 19.3 Å². The average Bonchev–Trinajstić information content (AvgIpc) is 2.21. The number of rotatable bonds is 6. The van der Waals surface area contributed by atoms with E-state index in [1.807, 2.05) is 13.8 Å². The average molecular weight is 242 g/mol. The van der Waals surface area contributed by atoms with Gasteiger partial charge in [0.25, 0.3) is 0 Å². The Labute approximate surface area is 100 Å². The molecule has 0 aliphatic heterocycles. The van der Waals surface area contributed by atoms with Crippen LogP contribution in [0.3, 0.4) is 0 Å². The van der Waals surface area contributed by atoms with Crippen LogP contribution in [0.5, 0.6) is 0 Å². The number of amides is 2. The van der Waals surface area contributed by atoms with E-state index in [2.05, 4.69) is 23.2 Å². The zero-order valence-electron chi connectivity index (χ0n) is 10.1. The smallest absolute Gasteiger partial charge is 0.407 e. The number of hydrogen-bond donors (Lipinski definition) is 2. The molecule has 0 aromatic carbocycles. The van der Waals surface area contributed by atoms with Crippen LogP contribution in [0.25, 0.3) is 0 Å². The van der Waals surface area contributed by atoms with E-state index in [1.54, 1.807) is 0 Å². The van der Waals surface area contributed by atoms with Crippen molar-refractivity contribution in [3.8, 4) is 0 Å². The predicted octanol–water partition coefficient (Wildman–Crippen LogP) is 1.33. The van der Waals surface area contributed by atoms with Crippen molar-refractivity contribution in [2.24, 2.45) is 5.73 Å². The SMILES string of the molecule is C=C(COC(N)=O)C(=C)COC(=O)NC(C)C. The van der Waals surface area contributed by atoms with Crippen LogP contribution in [0.2, 0.25) is 0 Å². The van der Waals surface area contributed by atoms with E-state index < -0.39 is 12.2 Å². The Hall–Kier alpha value is -1.98. The number of nitrogens with one attached hydrogen (secondary N) is 1. The summed E-state index contributed by atoms with van der Waals surface area (Å²) in [4.78, 5) is 21.5. The monoisotopic (exact) mass is 242 g/mol. The fourth-order valence-corrected chi connectivity index (χ4v) is 0.792. The highest BCUT2D eigenvalue weighted by atomic mass is 16.6. The Morgan fingerprint density at radius 2 is 1.65 bits per heavy atom. The number of ether oxygens (including phenoxy) is 2. The zero-order chi connectivity index (χ0) is 13.4. The topological polar surface area (TPSA) is 90.7 Å². The normalized spacial score (nSPS) is 9.59. The van der Waals surface area contributed by atoms with Gasteiger partial charge in [-0.25, -0.2) is 9.59 Å². The summed E-state index contributed by atoms with van der Waals surface area (Å²) in [6.07, 6.45) is -1.43. The first-order valence-electron chi connectivity index (χ1n) is 5.04. The van der Waals surface area contributed by atoms with Crippen molar-refractivity contribution in [3.05, 3.63) is 24.3 Å². The van der Waals surface area contributed by atoms with E-state index in [1.165, 1.54) is 0 Å². The van der Waals surface area contributed by atoms with Gasteiger partial charge in [0, 0.05) is 6.04 Å². The molecule has 0 radical (unpaired) electrons. The predicted molar refractivity (Wildman–Crippen MR) is 63.4 cm³/mol. The van der Waals surface area contributed by atoms with Crippen molar-refractivity contribution in [1.29, 1.82) is 0 Å². The Kier molecular flexibility index (Phi) is 6.47. The van der Waals surface area contributed by atoms with Crippen LogP contribution in [-0.2, 0) is 9.47 Å². The Balaban J connectivity index is 3.89. The lowest BCUT2D eigenvalue weighted by molar-refractivity contribution is 0.151. The maximum Gasteiger partial charge on any atom is 0.407 e. The quantitative estimate of drug-likeness (QED) is 0.687. The third-order valence-electron chi connectivity index (χ3n) is 1.67. The number of primary amides is 1. The molecule has 0 spiro atoms. The molecule has 2 amide bonds. The summed E-state index contributed by atoms with van der Waals surface area (Å²) in [5.74, 6) is 0. The van der Waals surface area contributed by atoms with Gasteiger partial charge in [-0.1, -0.05) is 13.2 Å². The van der Waals surface area contributed by atoms with Crippen molar-refractivity contribution in [1.82, 2.24) is 5.32 Å². The van der Waals surface area contributed by atoms with Crippen LogP contribution in [0.1, 0.15) is 13.8 Å². The van der Waals surface area contributed by atoms with Gasteiger partial charge in [0.1, 0.15) is 13.2 Å². The first-order valence-corrected chi connectivity index (χ1v) is 5.04. The largest absolute Gasteiger partial charge is 0.445 e. The summed E-state index contributed by atoms with van der Waals surface area (Å²) in [6, 6.07) is -0.00263. The summed E-state index contributed by atoms with van der Waals surface area (Å²) in [6.45, 7) is 10.8. The van der Waals surface area contributed by atoms with Gasteiger partial charge in [-0.2, -0.15) is 0 Å². The van der Waals surface area contributed by atoms with E-state index in [4.69, 9.17) is 10.5 Å². The fraction of sp³-hybridized carbons (Fsp3) is 0.455. The molecule has 0 heterocycles. The maximum atomic E-state index is 11.1. The van der Waals surface area contributed by atoms with E-state index in [9.17, 15) is 9.59 Å². The first-order chi connectivity index (χ1) is 7.82. The van der Waals surface area contributed by atoms with Crippen molar-refractivity contribution in [2.45, 2.75) is 19.9 Å². The standard InChI is InChI=1S/C11H18N2O4/c1-7(2)13-11(15)17-6-9(4)8(3)5-16-10(12)14/h7H,3-6H2,1-2H3,(H2,12,14)(H,13,15). The molecular formula is C11H18N2O4. The minimum atomic E-state index is -0.891. The van der Waals surface area contributed by atoms with Crippen LogP contribution < -0.4 is 11.1 Å². The molecule has 0 fully saturated rings. The minimum absolute atomic E-state index is 0.00263. The number of carbonyl (C=O) groups excluding carboxylic acids is 2. The van der Waals surface area contributed by atoms with Crippen molar-refractivity contribution in [3.63, 3.8) is 0 Å². The molecule has 17 heavy (non-hydrogen) atoms. The number of carbonyl (C=O) groups is 2. The molecule has 0 aliphatic rings. The van der Waals surface area contributed by atoms with Crippen LogP contribution >= 0.6 is 0 Å². The fourth-order valence-electron chi connectivity index (χ4n) is 0.792. The Morgan fingerprint density at radius 1 is 1.18 bits per heavy atom. The third-order valence-corrected chi connectivity index (χ3v) is 1.67. The third kappa shape index (κ3) is 7.89. The first kappa shape index (κ1) is 15.0. The molecule has 0 saturated carbocycles. The zero-order valence-corrected chi connectivity index (χ0v) is 10.1. The minimum Gasteiger partial charge on any atom is -0.445 e. The van der Waals surface area contributed by atoms with Gasteiger partial charge in [0.2, 0.25) is 0 Å². The van der Waals surface area contributed by atoms with Gasteiger partial charge < -0.3 is 20.5 Å². The van der Waals surface area contributed by atoms with Crippen LogP contribution in [0.4, 0.5) is 9.59 Å². The molecule has 0 saturated heterocycles. The number of nitrogens with two attached hydrogens (primary N) is 1. The molecule has 3 N–H and O–H groups in total. The summed E-state index contributed by atoms with van der Waals surface area (Å²) in [5.41, 5.74) is 5.70. The molecule has 96 valence electrons. The van der Waals surface area contributed by atoms with Gasteiger partial charge in [-0.15, -0.1) is 0 Å².